The molecule has 3 aromatic heterocycles. The number of carbonyl (C=O) groups excluding carboxylic acids is 1. The number of rotatable bonds is 7. The number of aromatic amines is 1. The minimum atomic E-state index is -0.572. The highest BCUT2D eigenvalue weighted by Crippen LogP contribution is 2.49. The van der Waals surface area contributed by atoms with E-state index in [4.69, 9.17) is 32.9 Å². The first-order valence-corrected chi connectivity index (χ1v) is 13.8. The van der Waals surface area contributed by atoms with Crippen LogP contribution in [0, 0.1) is 5.92 Å². The van der Waals surface area contributed by atoms with Crippen molar-refractivity contribution in [3.63, 3.8) is 0 Å². The van der Waals surface area contributed by atoms with Crippen LogP contribution < -0.4 is 11.2 Å². The molecule has 3 aromatic rings. The maximum absolute atomic E-state index is 12.3. The third-order valence-electron chi connectivity index (χ3n) is 6.30. The maximum Gasteiger partial charge on any atom is 0.345 e. The number of aromatic nitrogens is 4. The van der Waals surface area contributed by atoms with Crippen LogP contribution in [-0.2, 0) is 21.4 Å². The van der Waals surface area contributed by atoms with E-state index in [0.29, 0.717) is 19.4 Å². The average Bonchev–Trinajstić information content (AvgIpc) is 3.43. The Hall–Kier alpha value is -2.01. The molecular formula is C23H26Cl2N4O4S2. The summed E-state index contributed by atoms with van der Waals surface area (Å²) < 4.78 is 6.43. The molecular weight excluding hydrogens is 531 g/mol. The Bertz CT molecular complexity index is 1290. The second kappa shape index (κ2) is 10.5. The van der Waals surface area contributed by atoms with E-state index in [9.17, 15) is 14.4 Å². The van der Waals surface area contributed by atoms with Gasteiger partial charge in [-0.1, -0.05) is 19.9 Å². The number of halogens is 2. The largest absolute Gasteiger partial charge is 0.466 e. The summed E-state index contributed by atoms with van der Waals surface area (Å²) in [5, 5.41) is 6.08. The summed E-state index contributed by atoms with van der Waals surface area (Å²) in [4.78, 5) is 45.0. The van der Waals surface area contributed by atoms with Gasteiger partial charge in [-0.2, -0.15) is 5.10 Å². The Morgan fingerprint density at radius 2 is 2.00 bits per heavy atom. The van der Waals surface area contributed by atoms with Gasteiger partial charge in [-0.15, -0.1) is 45.9 Å². The molecule has 0 bridgehead atoms. The lowest BCUT2D eigenvalue weighted by Crippen LogP contribution is -2.48. The fourth-order valence-corrected chi connectivity index (χ4v) is 8.19. The van der Waals surface area contributed by atoms with Crippen LogP contribution >= 0.6 is 45.9 Å². The molecule has 4 rings (SSSR count). The van der Waals surface area contributed by atoms with Crippen molar-refractivity contribution >= 4 is 51.8 Å². The lowest BCUT2D eigenvalue weighted by molar-refractivity contribution is -0.142. The molecule has 3 heterocycles. The van der Waals surface area contributed by atoms with Crippen molar-refractivity contribution in [3.8, 4) is 10.6 Å². The predicted molar refractivity (Wildman–Crippen MR) is 139 cm³/mol. The Morgan fingerprint density at radius 3 is 2.60 bits per heavy atom. The zero-order valence-electron chi connectivity index (χ0n) is 19.5. The van der Waals surface area contributed by atoms with Gasteiger partial charge in [0.05, 0.1) is 34.6 Å². The number of esters is 1. The second-order valence-corrected chi connectivity index (χ2v) is 12.2. The smallest absolute Gasteiger partial charge is 0.345 e. The van der Waals surface area contributed by atoms with Crippen LogP contribution in [0.3, 0.4) is 0 Å². The van der Waals surface area contributed by atoms with E-state index in [0.717, 1.165) is 26.7 Å². The molecule has 12 heteroatoms. The van der Waals surface area contributed by atoms with Crippen molar-refractivity contribution in [2.75, 3.05) is 6.61 Å². The number of ether oxygens (including phenoxy) is 1. The molecule has 0 radical (unpaired) electrons. The average molecular weight is 558 g/mol. The van der Waals surface area contributed by atoms with Gasteiger partial charge in [-0.3, -0.25) is 14.6 Å². The quantitative estimate of drug-likeness (QED) is 0.342. The first kappa shape index (κ1) is 26.1. The third-order valence-corrected chi connectivity index (χ3v) is 9.47. The molecule has 0 aliphatic heterocycles. The topological polar surface area (TPSA) is 107 Å². The van der Waals surface area contributed by atoms with E-state index in [1.54, 1.807) is 18.3 Å². The van der Waals surface area contributed by atoms with Crippen LogP contribution in [0.1, 0.15) is 49.5 Å². The fraction of sp³-hybridized carbons (Fsp3) is 0.522. The summed E-state index contributed by atoms with van der Waals surface area (Å²) in [5.74, 6) is -0.443. The molecule has 0 saturated heterocycles. The number of hydrogen-bond donors (Lipinski definition) is 1. The minimum Gasteiger partial charge on any atom is -0.466 e. The molecule has 0 spiro atoms. The van der Waals surface area contributed by atoms with Crippen molar-refractivity contribution in [2.45, 2.75) is 62.2 Å². The highest BCUT2D eigenvalue weighted by Gasteiger charge is 2.47. The van der Waals surface area contributed by atoms with Crippen LogP contribution in [0.25, 0.3) is 10.6 Å². The highest BCUT2D eigenvalue weighted by molar-refractivity contribution is 7.15. The van der Waals surface area contributed by atoms with Crippen molar-refractivity contribution in [2.24, 2.45) is 5.92 Å². The van der Waals surface area contributed by atoms with Crippen molar-refractivity contribution < 1.29 is 9.53 Å². The van der Waals surface area contributed by atoms with Crippen LogP contribution in [0.4, 0.5) is 0 Å². The van der Waals surface area contributed by atoms with Gasteiger partial charge < -0.3 is 4.74 Å². The zero-order chi connectivity index (χ0) is 25.3. The minimum absolute atomic E-state index is 0.150. The van der Waals surface area contributed by atoms with Crippen LogP contribution in [0.15, 0.2) is 33.3 Å². The highest BCUT2D eigenvalue weighted by atomic mass is 35.5. The van der Waals surface area contributed by atoms with E-state index in [-0.39, 0.29) is 35.1 Å². The summed E-state index contributed by atoms with van der Waals surface area (Å²) in [6.07, 6.45) is 2.17. The van der Waals surface area contributed by atoms with Crippen molar-refractivity contribution in [1.29, 1.82) is 0 Å². The fourth-order valence-electron chi connectivity index (χ4n) is 4.70. The number of thiophene rings is 1. The summed E-state index contributed by atoms with van der Waals surface area (Å²) in [6, 6.07) is 3.62. The number of alkyl halides is 2. The first-order valence-electron chi connectivity index (χ1n) is 11.3. The van der Waals surface area contributed by atoms with Gasteiger partial charge in [0.1, 0.15) is 6.20 Å². The molecule has 1 aliphatic carbocycles. The number of H-pyrrole nitrogens is 1. The SMILES string of the molecule is CCOC(=O)Cc1sc(C(C)(C)C2C(Cl)CC(n3ncc(=O)[nH]c3=O)CC2Cl)nc1-c1cccs1. The number of hydrogen-bond acceptors (Lipinski definition) is 8. The molecule has 2 unspecified atom stereocenters. The summed E-state index contributed by atoms with van der Waals surface area (Å²) in [7, 11) is 0. The first-order chi connectivity index (χ1) is 16.6. The Kier molecular flexibility index (Phi) is 7.85. The third kappa shape index (κ3) is 5.40. The normalized spacial score (nSPS) is 22.8. The molecule has 35 heavy (non-hydrogen) atoms. The molecule has 0 amide bonds. The Balaban J connectivity index is 1.64. The number of carbonyl (C=O) groups is 1. The Morgan fingerprint density at radius 1 is 1.29 bits per heavy atom. The summed E-state index contributed by atoms with van der Waals surface area (Å²) in [6.45, 7) is 6.24. The summed E-state index contributed by atoms with van der Waals surface area (Å²) >= 11 is 16.9. The van der Waals surface area contributed by atoms with Gasteiger partial charge in [0, 0.05) is 27.0 Å². The number of thiazole rings is 1. The number of nitrogens with one attached hydrogen (secondary N) is 1. The molecule has 1 aliphatic rings. The molecule has 2 atom stereocenters. The van der Waals surface area contributed by atoms with Gasteiger partial charge in [0.2, 0.25) is 0 Å². The summed E-state index contributed by atoms with van der Waals surface area (Å²) in [5.41, 5.74) is -0.834. The lowest BCUT2D eigenvalue weighted by atomic mass is 9.69. The molecule has 1 fully saturated rings. The molecule has 0 aromatic carbocycles. The van der Waals surface area contributed by atoms with Crippen molar-refractivity contribution in [1.82, 2.24) is 19.7 Å². The van der Waals surface area contributed by atoms with Crippen molar-refractivity contribution in [3.05, 3.63) is 54.4 Å². The van der Waals surface area contributed by atoms with E-state index in [2.05, 4.69) is 23.9 Å². The molecule has 1 N–H and O–H groups in total. The molecule has 188 valence electrons. The van der Waals surface area contributed by atoms with E-state index < -0.39 is 16.7 Å². The second-order valence-electron chi connectivity index (χ2n) is 9.04. The zero-order valence-corrected chi connectivity index (χ0v) is 22.6. The monoisotopic (exact) mass is 556 g/mol. The van der Waals surface area contributed by atoms with Gasteiger partial charge in [0.15, 0.2) is 0 Å². The maximum atomic E-state index is 12.3. The number of nitrogens with zero attached hydrogens (tertiary/aromatic N) is 3. The molecule has 8 nitrogen and oxygen atoms in total. The Labute approximate surface area is 220 Å². The van der Waals surface area contributed by atoms with E-state index >= 15 is 0 Å². The standard InChI is InChI=1S/C23H26Cl2N4O4S2/c1-4-33-18(31)10-16-20(15-6-5-7-34-15)28-21(35-16)23(2,3)19-13(24)8-12(9-14(19)25)29-22(32)27-17(30)11-26-29/h5-7,11-14,19H,4,8-10H2,1-3H3,(H,27,30,32). The molecule has 1 saturated carbocycles. The van der Waals surface area contributed by atoms with Crippen LogP contribution in [0.2, 0.25) is 0 Å². The lowest BCUT2D eigenvalue weighted by Gasteiger charge is -2.44. The van der Waals surface area contributed by atoms with Gasteiger partial charge >= 0.3 is 11.7 Å². The van der Waals surface area contributed by atoms with Crippen LogP contribution in [0.5, 0.6) is 0 Å². The van der Waals surface area contributed by atoms with Gasteiger partial charge in [-0.05, 0) is 31.2 Å². The van der Waals surface area contributed by atoms with Crippen LogP contribution in [-0.4, -0.2) is 43.1 Å². The van der Waals surface area contributed by atoms with E-state index in [1.165, 1.54) is 16.0 Å². The van der Waals surface area contributed by atoms with E-state index in [1.807, 2.05) is 17.5 Å². The van der Waals surface area contributed by atoms with Gasteiger partial charge in [0.25, 0.3) is 5.56 Å². The predicted octanol–water partition coefficient (Wildman–Crippen LogP) is 4.37. The van der Waals surface area contributed by atoms with Gasteiger partial charge in [-0.25, -0.2) is 14.5 Å².